The molecule has 0 aliphatic heterocycles. The normalized spacial score (nSPS) is 10.4. The molecular formula is C21H18O. The van der Waals surface area contributed by atoms with E-state index in [9.17, 15) is 4.79 Å². The van der Waals surface area contributed by atoms with E-state index in [0.717, 1.165) is 28.7 Å². The second-order valence-corrected chi connectivity index (χ2v) is 5.51. The van der Waals surface area contributed by atoms with E-state index in [0.29, 0.717) is 0 Å². The fourth-order valence-corrected chi connectivity index (χ4v) is 2.57. The van der Waals surface area contributed by atoms with Gasteiger partial charge in [-0.1, -0.05) is 84.4 Å². The van der Waals surface area contributed by atoms with Crippen LogP contribution in [0.2, 0.25) is 0 Å². The van der Waals surface area contributed by atoms with E-state index in [-0.39, 0.29) is 5.78 Å². The number of hydrogen-bond donors (Lipinski definition) is 0. The number of benzene rings is 3. The van der Waals surface area contributed by atoms with Gasteiger partial charge < -0.3 is 0 Å². The molecule has 0 saturated carbocycles. The maximum Gasteiger partial charge on any atom is 0.193 e. The lowest BCUT2D eigenvalue weighted by molar-refractivity contribution is 0.103. The molecule has 0 radical (unpaired) electrons. The minimum atomic E-state index is 0.0894. The van der Waals surface area contributed by atoms with Gasteiger partial charge in [-0.25, -0.2) is 0 Å². The van der Waals surface area contributed by atoms with Gasteiger partial charge in [0.05, 0.1) is 0 Å². The average Bonchev–Trinajstić information content (AvgIpc) is 2.56. The molecule has 0 aromatic heterocycles. The highest BCUT2D eigenvalue weighted by atomic mass is 16.1. The van der Waals surface area contributed by atoms with Gasteiger partial charge in [-0.3, -0.25) is 4.79 Å². The van der Waals surface area contributed by atoms with E-state index in [1.807, 2.05) is 73.7 Å². The zero-order chi connectivity index (χ0) is 15.4. The summed E-state index contributed by atoms with van der Waals surface area (Å²) in [5.74, 6) is 0.0894. The topological polar surface area (TPSA) is 17.1 Å². The van der Waals surface area contributed by atoms with Gasteiger partial charge in [0.1, 0.15) is 0 Å². The fraction of sp³-hybridized carbons (Fsp3) is 0.0952. The van der Waals surface area contributed by atoms with Crippen LogP contribution in [-0.4, -0.2) is 5.78 Å². The lowest BCUT2D eigenvalue weighted by atomic mass is 9.94. The van der Waals surface area contributed by atoms with Crippen LogP contribution >= 0.6 is 0 Å². The van der Waals surface area contributed by atoms with E-state index in [1.54, 1.807) is 0 Å². The summed E-state index contributed by atoms with van der Waals surface area (Å²) in [6.07, 6.45) is 0.772. The molecule has 0 spiro atoms. The van der Waals surface area contributed by atoms with Crippen LogP contribution in [0.15, 0.2) is 78.9 Å². The number of ketones is 1. The highest BCUT2D eigenvalue weighted by Gasteiger charge is 2.13. The van der Waals surface area contributed by atoms with E-state index in [4.69, 9.17) is 0 Å². The summed E-state index contributed by atoms with van der Waals surface area (Å²) in [5, 5.41) is 0. The molecular weight excluding hydrogens is 268 g/mol. The van der Waals surface area contributed by atoms with Gasteiger partial charge in [0, 0.05) is 11.1 Å². The van der Waals surface area contributed by atoms with E-state index >= 15 is 0 Å². The van der Waals surface area contributed by atoms with Crippen molar-refractivity contribution in [3.05, 3.63) is 107 Å². The number of carbonyl (C=O) groups excluding carboxylic acids is 1. The molecule has 3 aromatic carbocycles. The lowest BCUT2D eigenvalue weighted by Crippen LogP contribution is -2.06. The number of rotatable bonds is 4. The third-order valence-electron chi connectivity index (χ3n) is 3.81. The first-order valence-corrected chi connectivity index (χ1v) is 7.47. The molecule has 0 saturated heterocycles. The quantitative estimate of drug-likeness (QED) is 0.629. The molecule has 0 unspecified atom stereocenters. The summed E-state index contributed by atoms with van der Waals surface area (Å²) in [6, 6.07) is 25.9. The smallest absolute Gasteiger partial charge is 0.193 e. The average molecular weight is 286 g/mol. The van der Waals surface area contributed by atoms with Crippen molar-refractivity contribution in [1.82, 2.24) is 0 Å². The van der Waals surface area contributed by atoms with Gasteiger partial charge in [0.2, 0.25) is 0 Å². The van der Waals surface area contributed by atoms with Gasteiger partial charge >= 0.3 is 0 Å². The van der Waals surface area contributed by atoms with Crippen molar-refractivity contribution in [2.45, 2.75) is 13.3 Å². The summed E-state index contributed by atoms with van der Waals surface area (Å²) in [4.78, 5) is 12.8. The second kappa shape index (κ2) is 6.40. The lowest BCUT2D eigenvalue weighted by Gasteiger charge is -2.09. The second-order valence-electron chi connectivity index (χ2n) is 5.51. The molecule has 0 amide bonds. The molecule has 108 valence electrons. The highest BCUT2D eigenvalue weighted by Crippen LogP contribution is 2.18. The summed E-state index contributed by atoms with van der Waals surface area (Å²) < 4.78 is 0. The Labute approximate surface area is 131 Å². The Morgan fingerprint density at radius 3 is 2.14 bits per heavy atom. The van der Waals surface area contributed by atoms with Crippen molar-refractivity contribution in [2.24, 2.45) is 0 Å². The fourth-order valence-electron chi connectivity index (χ4n) is 2.57. The summed E-state index contributed by atoms with van der Waals surface area (Å²) in [6.45, 7) is 2.03. The first kappa shape index (κ1) is 14.3. The third-order valence-corrected chi connectivity index (χ3v) is 3.81. The van der Waals surface area contributed by atoms with Gasteiger partial charge in [-0.2, -0.15) is 0 Å². The summed E-state index contributed by atoms with van der Waals surface area (Å²) in [5.41, 5.74) is 4.97. The number of hydrogen-bond acceptors (Lipinski definition) is 1. The van der Waals surface area contributed by atoms with Crippen LogP contribution in [0.4, 0.5) is 0 Å². The zero-order valence-corrected chi connectivity index (χ0v) is 12.6. The van der Waals surface area contributed by atoms with Crippen LogP contribution in [0.1, 0.15) is 32.6 Å². The molecule has 0 N–H and O–H groups in total. The molecule has 1 nitrogen and oxygen atoms in total. The molecule has 3 aromatic rings. The Balaban J connectivity index is 1.94. The van der Waals surface area contributed by atoms with Gasteiger partial charge in [0.15, 0.2) is 5.78 Å². The van der Waals surface area contributed by atoms with Crippen LogP contribution in [0.5, 0.6) is 0 Å². The summed E-state index contributed by atoms with van der Waals surface area (Å²) >= 11 is 0. The van der Waals surface area contributed by atoms with Gasteiger partial charge in [0.25, 0.3) is 0 Å². The molecule has 3 rings (SSSR count). The molecule has 0 aliphatic rings. The molecule has 0 heterocycles. The minimum absolute atomic E-state index is 0.0894. The van der Waals surface area contributed by atoms with Crippen LogP contribution < -0.4 is 0 Å². The minimum Gasteiger partial charge on any atom is -0.289 e. The Morgan fingerprint density at radius 2 is 1.41 bits per heavy atom. The van der Waals surface area contributed by atoms with Crippen LogP contribution in [0.25, 0.3) is 0 Å². The molecule has 22 heavy (non-hydrogen) atoms. The Bertz CT molecular complexity index is 771. The first-order chi connectivity index (χ1) is 10.7. The standard InChI is InChI=1S/C21H18O/c1-16-11-13-18(14-12-16)21(22)20-10-6-5-9-19(20)15-17-7-3-2-4-8-17/h2-14H,15H2,1H3. The van der Waals surface area contributed by atoms with E-state index in [1.165, 1.54) is 5.56 Å². The van der Waals surface area contributed by atoms with E-state index < -0.39 is 0 Å². The molecule has 0 aliphatic carbocycles. The third kappa shape index (κ3) is 3.15. The predicted octanol–water partition coefficient (Wildman–Crippen LogP) is 4.82. The molecule has 1 heteroatoms. The Hall–Kier alpha value is -2.67. The van der Waals surface area contributed by atoms with Gasteiger partial charge in [-0.05, 0) is 24.5 Å². The highest BCUT2D eigenvalue weighted by molar-refractivity contribution is 6.10. The van der Waals surface area contributed by atoms with Crippen LogP contribution in [-0.2, 0) is 6.42 Å². The van der Waals surface area contributed by atoms with Crippen LogP contribution in [0.3, 0.4) is 0 Å². The first-order valence-electron chi connectivity index (χ1n) is 7.47. The molecule has 0 fully saturated rings. The van der Waals surface area contributed by atoms with Crippen molar-refractivity contribution in [2.75, 3.05) is 0 Å². The van der Waals surface area contributed by atoms with Crippen molar-refractivity contribution in [1.29, 1.82) is 0 Å². The SMILES string of the molecule is Cc1ccc(C(=O)c2ccccc2Cc2ccccc2)cc1. The monoisotopic (exact) mass is 286 g/mol. The number of aryl methyl sites for hydroxylation is 1. The van der Waals surface area contributed by atoms with Gasteiger partial charge in [-0.15, -0.1) is 0 Å². The van der Waals surface area contributed by atoms with E-state index in [2.05, 4.69) is 12.1 Å². The van der Waals surface area contributed by atoms with Crippen molar-refractivity contribution in [3.63, 3.8) is 0 Å². The Kier molecular flexibility index (Phi) is 4.15. The molecule has 0 bridgehead atoms. The maximum absolute atomic E-state index is 12.8. The largest absolute Gasteiger partial charge is 0.289 e. The predicted molar refractivity (Wildman–Crippen MR) is 90.3 cm³/mol. The molecule has 0 atom stereocenters. The number of carbonyl (C=O) groups is 1. The maximum atomic E-state index is 12.8. The Morgan fingerprint density at radius 1 is 0.773 bits per heavy atom. The van der Waals surface area contributed by atoms with Crippen molar-refractivity contribution < 1.29 is 4.79 Å². The van der Waals surface area contributed by atoms with Crippen LogP contribution in [0, 0.1) is 6.92 Å². The van der Waals surface area contributed by atoms with Crippen molar-refractivity contribution >= 4 is 5.78 Å². The van der Waals surface area contributed by atoms with Crippen molar-refractivity contribution in [3.8, 4) is 0 Å². The summed E-state index contributed by atoms with van der Waals surface area (Å²) in [7, 11) is 0. The zero-order valence-electron chi connectivity index (χ0n) is 12.6.